The van der Waals surface area contributed by atoms with Crippen LogP contribution in [0.4, 0.5) is 0 Å². The van der Waals surface area contributed by atoms with Crippen molar-refractivity contribution in [3.8, 4) is 17.6 Å². The molecule has 0 fully saturated rings. The van der Waals surface area contributed by atoms with Gasteiger partial charge in [-0.3, -0.25) is 0 Å². The van der Waals surface area contributed by atoms with Gasteiger partial charge in [-0.1, -0.05) is 23.7 Å². The third-order valence-corrected chi connectivity index (χ3v) is 3.38. The van der Waals surface area contributed by atoms with Gasteiger partial charge >= 0.3 is 0 Å². The molecule has 0 aliphatic carbocycles. The highest BCUT2D eigenvalue weighted by atomic mass is 35.5. The van der Waals surface area contributed by atoms with Crippen LogP contribution in [0.15, 0.2) is 30.3 Å². The van der Waals surface area contributed by atoms with E-state index >= 15 is 0 Å². The molecule has 0 bridgehead atoms. The first-order valence-electron chi connectivity index (χ1n) is 5.97. The molecular weight excluding hydrogens is 258 g/mol. The summed E-state index contributed by atoms with van der Waals surface area (Å²) in [5.41, 5.74) is 3.72. The largest absolute Gasteiger partial charge is 0.455 e. The number of nitrogens with zero attached hydrogens (tertiary/aromatic N) is 1. The Bertz CT molecular complexity index is 671. The molecule has 0 aromatic heterocycles. The molecule has 2 aromatic carbocycles. The van der Waals surface area contributed by atoms with Crippen molar-refractivity contribution in [1.29, 1.82) is 5.26 Å². The standard InChI is InChI=1S/C16H14ClNO/c1-10-4-5-11(2)16(12(10)3)19-15-7-6-14(17)8-13(15)9-18/h4-8H,1-3H3. The van der Waals surface area contributed by atoms with E-state index in [1.54, 1.807) is 18.2 Å². The first-order valence-corrected chi connectivity index (χ1v) is 6.35. The Hall–Kier alpha value is -1.98. The van der Waals surface area contributed by atoms with Gasteiger partial charge in [-0.25, -0.2) is 0 Å². The molecule has 0 heterocycles. The molecule has 3 heteroatoms. The van der Waals surface area contributed by atoms with Crippen LogP contribution in [-0.4, -0.2) is 0 Å². The molecule has 0 unspecified atom stereocenters. The van der Waals surface area contributed by atoms with Crippen molar-refractivity contribution in [2.24, 2.45) is 0 Å². The van der Waals surface area contributed by atoms with Crippen molar-refractivity contribution >= 4 is 11.6 Å². The van der Waals surface area contributed by atoms with Gasteiger partial charge in [-0.05, 0) is 55.7 Å². The van der Waals surface area contributed by atoms with Crippen LogP contribution in [0.1, 0.15) is 22.3 Å². The van der Waals surface area contributed by atoms with Crippen LogP contribution in [0.3, 0.4) is 0 Å². The van der Waals surface area contributed by atoms with Gasteiger partial charge in [-0.2, -0.15) is 5.26 Å². The number of halogens is 1. The van der Waals surface area contributed by atoms with Gasteiger partial charge in [-0.15, -0.1) is 0 Å². The van der Waals surface area contributed by atoms with Crippen molar-refractivity contribution in [3.63, 3.8) is 0 Å². The molecule has 0 spiro atoms. The molecule has 0 atom stereocenters. The second-order valence-electron chi connectivity index (χ2n) is 4.51. The second-order valence-corrected chi connectivity index (χ2v) is 4.94. The van der Waals surface area contributed by atoms with Crippen molar-refractivity contribution < 1.29 is 4.74 Å². The number of hydrogen-bond donors (Lipinski definition) is 0. The Morgan fingerprint density at radius 3 is 2.42 bits per heavy atom. The summed E-state index contributed by atoms with van der Waals surface area (Å²) in [4.78, 5) is 0. The Kier molecular flexibility index (Phi) is 3.78. The highest BCUT2D eigenvalue weighted by Crippen LogP contribution is 2.33. The normalized spacial score (nSPS) is 10.1. The highest BCUT2D eigenvalue weighted by molar-refractivity contribution is 6.30. The summed E-state index contributed by atoms with van der Waals surface area (Å²) < 4.78 is 5.92. The monoisotopic (exact) mass is 271 g/mol. The summed E-state index contributed by atoms with van der Waals surface area (Å²) in [6.45, 7) is 6.04. The minimum atomic E-state index is 0.438. The van der Waals surface area contributed by atoms with Crippen LogP contribution in [0, 0.1) is 32.1 Å². The van der Waals surface area contributed by atoms with E-state index in [2.05, 4.69) is 12.1 Å². The van der Waals surface area contributed by atoms with E-state index in [9.17, 15) is 0 Å². The Morgan fingerprint density at radius 1 is 1.05 bits per heavy atom. The average molecular weight is 272 g/mol. The quantitative estimate of drug-likeness (QED) is 0.776. The molecule has 0 saturated heterocycles. The number of benzene rings is 2. The molecule has 0 saturated carbocycles. The van der Waals surface area contributed by atoms with Gasteiger partial charge in [0.15, 0.2) is 0 Å². The fourth-order valence-corrected chi connectivity index (χ4v) is 2.04. The van der Waals surface area contributed by atoms with Gasteiger partial charge in [0, 0.05) is 5.02 Å². The van der Waals surface area contributed by atoms with Crippen LogP contribution >= 0.6 is 11.6 Å². The predicted molar refractivity (Wildman–Crippen MR) is 76.9 cm³/mol. The van der Waals surface area contributed by atoms with Crippen molar-refractivity contribution in [1.82, 2.24) is 0 Å². The summed E-state index contributed by atoms with van der Waals surface area (Å²) in [7, 11) is 0. The minimum absolute atomic E-state index is 0.438. The van der Waals surface area contributed by atoms with E-state index < -0.39 is 0 Å². The first-order chi connectivity index (χ1) is 9.02. The summed E-state index contributed by atoms with van der Waals surface area (Å²) in [6, 6.07) is 11.2. The van der Waals surface area contributed by atoms with E-state index in [-0.39, 0.29) is 0 Å². The molecule has 0 aliphatic rings. The van der Waals surface area contributed by atoms with Gasteiger partial charge in [0.25, 0.3) is 0 Å². The fourth-order valence-electron chi connectivity index (χ4n) is 1.87. The van der Waals surface area contributed by atoms with Crippen molar-refractivity contribution in [2.45, 2.75) is 20.8 Å². The smallest absolute Gasteiger partial charge is 0.145 e. The first kappa shape index (κ1) is 13.5. The molecule has 0 aliphatic heterocycles. The van der Waals surface area contributed by atoms with Gasteiger partial charge in [0.1, 0.15) is 17.6 Å². The Morgan fingerprint density at radius 2 is 1.74 bits per heavy atom. The topological polar surface area (TPSA) is 33.0 Å². The minimum Gasteiger partial charge on any atom is -0.455 e. The van der Waals surface area contributed by atoms with Crippen LogP contribution in [-0.2, 0) is 0 Å². The zero-order valence-corrected chi connectivity index (χ0v) is 11.9. The van der Waals surface area contributed by atoms with Crippen LogP contribution in [0.25, 0.3) is 0 Å². The molecule has 0 N–H and O–H groups in total. The lowest BCUT2D eigenvalue weighted by Crippen LogP contribution is -1.95. The highest BCUT2D eigenvalue weighted by Gasteiger charge is 2.11. The van der Waals surface area contributed by atoms with Gasteiger partial charge in [0.05, 0.1) is 5.56 Å². The number of nitriles is 1. The Balaban J connectivity index is 2.48. The summed E-state index contributed by atoms with van der Waals surface area (Å²) in [5.74, 6) is 1.34. The molecule has 96 valence electrons. The Labute approximate surface area is 118 Å². The fraction of sp³-hybridized carbons (Fsp3) is 0.188. The summed E-state index contributed by atoms with van der Waals surface area (Å²) in [5, 5.41) is 9.65. The predicted octanol–water partition coefficient (Wildman–Crippen LogP) is 4.93. The molecule has 19 heavy (non-hydrogen) atoms. The van der Waals surface area contributed by atoms with Crippen molar-refractivity contribution in [2.75, 3.05) is 0 Å². The maximum Gasteiger partial charge on any atom is 0.145 e. The average Bonchev–Trinajstić information content (AvgIpc) is 2.40. The molecular formula is C16H14ClNO. The summed E-state index contributed by atoms with van der Waals surface area (Å²) >= 11 is 5.88. The number of hydrogen-bond acceptors (Lipinski definition) is 2. The van der Waals surface area contributed by atoms with E-state index in [1.807, 2.05) is 26.8 Å². The molecule has 2 rings (SSSR count). The zero-order chi connectivity index (χ0) is 14.0. The third-order valence-electron chi connectivity index (χ3n) is 3.15. The maximum absolute atomic E-state index is 9.13. The van der Waals surface area contributed by atoms with Crippen LogP contribution in [0.5, 0.6) is 11.5 Å². The van der Waals surface area contributed by atoms with E-state index in [0.717, 1.165) is 22.4 Å². The van der Waals surface area contributed by atoms with E-state index in [1.165, 1.54) is 0 Å². The summed E-state index contributed by atoms with van der Waals surface area (Å²) in [6.07, 6.45) is 0. The van der Waals surface area contributed by atoms with Crippen LogP contribution in [0.2, 0.25) is 5.02 Å². The lowest BCUT2D eigenvalue weighted by molar-refractivity contribution is 0.473. The third kappa shape index (κ3) is 2.72. The molecule has 2 nitrogen and oxygen atoms in total. The number of rotatable bonds is 2. The number of ether oxygens (including phenoxy) is 1. The van der Waals surface area contributed by atoms with Crippen molar-refractivity contribution in [3.05, 3.63) is 57.6 Å². The lowest BCUT2D eigenvalue weighted by Gasteiger charge is -2.14. The van der Waals surface area contributed by atoms with E-state index in [0.29, 0.717) is 16.3 Å². The molecule has 0 radical (unpaired) electrons. The SMILES string of the molecule is Cc1ccc(C)c(Oc2ccc(Cl)cc2C#N)c1C. The van der Waals surface area contributed by atoms with Gasteiger partial charge in [0.2, 0.25) is 0 Å². The molecule has 0 amide bonds. The number of aryl methyl sites for hydroxylation is 2. The maximum atomic E-state index is 9.13. The van der Waals surface area contributed by atoms with Crippen LogP contribution < -0.4 is 4.74 Å². The van der Waals surface area contributed by atoms with E-state index in [4.69, 9.17) is 21.6 Å². The van der Waals surface area contributed by atoms with Gasteiger partial charge < -0.3 is 4.74 Å². The second kappa shape index (κ2) is 5.34. The zero-order valence-electron chi connectivity index (χ0n) is 11.1. The molecule has 2 aromatic rings. The lowest BCUT2D eigenvalue weighted by atomic mass is 10.1.